The Hall–Kier alpha value is -4.04. The van der Waals surface area contributed by atoms with E-state index < -0.39 is 23.4 Å². The third kappa shape index (κ3) is 3.09. The highest BCUT2D eigenvalue weighted by molar-refractivity contribution is 5.83. The smallest absolute Gasteiger partial charge is 0.360 e. The van der Waals surface area contributed by atoms with Crippen LogP contribution in [0.4, 0.5) is 13.2 Å². The average Bonchev–Trinajstić information content (AvgIpc) is 3.12. The quantitative estimate of drug-likeness (QED) is 0.577. The van der Waals surface area contributed by atoms with Gasteiger partial charge in [-0.05, 0) is 30.2 Å². The molecule has 0 saturated heterocycles. The molecule has 0 amide bonds. The standard InChI is InChI=1S/C22H14F3N5/c1-12-15-10-14(8-9-17(15)30-29-12)18-16(11-26)21(22(23,24)25)28-19(20(18)27-2)13-6-4-3-5-7-13/h3-10,18,28H,1H3,(H,29,30). The molecule has 1 aliphatic rings. The lowest BCUT2D eigenvalue weighted by atomic mass is 9.82. The Morgan fingerprint density at radius 1 is 1.17 bits per heavy atom. The van der Waals surface area contributed by atoms with Crippen LogP contribution in [0.5, 0.6) is 0 Å². The second kappa shape index (κ2) is 7.09. The number of hydrogen-bond donors (Lipinski definition) is 2. The number of rotatable bonds is 2. The number of aromatic amines is 1. The van der Waals surface area contributed by atoms with Gasteiger partial charge in [-0.1, -0.05) is 36.4 Å². The molecule has 2 heterocycles. The predicted molar refractivity (Wildman–Crippen MR) is 105 cm³/mol. The summed E-state index contributed by atoms with van der Waals surface area (Å²) < 4.78 is 41.6. The van der Waals surface area contributed by atoms with Gasteiger partial charge in [0.05, 0.1) is 29.6 Å². The van der Waals surface area contributed by atoms with Crippen LogP contribution >= 0.6 is 0 Å². The Balaban J connectivity index is 2.03. The lowest BCUT2D eigenvalue weighted by Crippen LogP contribution is -2.33. The van der Waals surface area contributed by atoms with Crippen molar-refractivity contribution in [2.45, 2.75) is 19.0 Å². The van der Waals surface area contributed by atoms with Crippen molar-refractivity contribution < 1.29 is 13.2 Å². The second-order valence-corrected chi connectivity index (χ2v) is 6.82. The molecule has 148 valence electrons. The Morgan fingerprint density at radius 2 is 1.90 bits per heavy atom. The van der Waals surface area contributed by atoms with Gasteiger partial charge < -0.3 is 5.32 Å². The molecule has 0 saturated carbocycles. The Labute approximate surface area is 170 Å². The summed E-state index contributed by atoms with van der Waals surface area (Å²) in [5.41, 5.74) is 0.659. The largest absolute Gasteiger partial charge is 0.432 e. The van der Waals surface area contributed by atoms with Crippen molar-refractivity contribution in [2.24, 2.45) is 0 Å². The number of allylic oxidation sites excluding steroid dienone is 2. The molecule has 1 aromatic heterocycles. The Kier molecular flexibility index (Phi) is 4.56. The summed E-state index contributed by atoms with van der Waals surface area (Å²) in [5, 5.41) is 19.7. The first-order chi connectivity index (χ1) is 14.3. The van der Waals surface area contributed by atoms with Crippen LogP contribution in [-0.2, 0) is 0 Å². The first-order valence-corrected chi connectivity index (χ1v) is 8.95. The number of benzene rings is 2. The molecule has 2 N–H and O–H groups in total. The van der Waals surface area contributed by atoms with Crippen LogP contribution in [0.1, 0.15) is 22.7 Å². The van der Waals surface area contributed by atoms with Gasteiger partial charge in [-0.3, -0.25) is 5.10 Å². The molecule has 3 aromatic rings. The van der Waals surface area contributed by atoms with E-state index in [0.717, 1.165) is 11.1 Å². The molecular weight excluding hydrogens is 391 g/mol. The van der Waals surface area contributed by atoms with Gasteiger partial charge in [-0.15, -0.1) is 0 Å². The van der Waals surface area contributed by atoms with Gasteiger partial charge in [0.1, 0.15) is 5.70 Å². The fraction of sp³-hybridized carbons (Fsp3) is 0.136. The number of halogens is 3. The van der Waals surface area contributed by atoms with Crippen molar-refractivity contribution in [2.75, 3.05) is 0 Å². The van der Waals surface area contributed by atoms with Crippen molar-refractivity contribution in [3.63, 3.8) is 0 Å². The van der Waals surface area contributed by atoms with Crippen LogP contribution in [0.2, 0.25) is 0 Å². The van der Waals surface area contributed by atoms with Crippen molar-refractivity contribution >= 4 is 16.6 Å². The molecule has 1 atom stereocenters. The topological polar surface area (TPSA) is 68.9 Å². The van der Waals surface area contributed by atoms with E-state index >= 15 is 0 Å². The predicted octanol–water partition coefficient (Wildman–Crippen LogP) is 5.19. The summed E-state index contributed by atoms with van der Waals surface area (Å²) in [6.45, 7) is 9.51. The van der Waals surface area contributed by atoms with Crippen LogP contribution in [0, 0.1) is 24.8 Å². The van der Waals surface area contributed by atoms with Gasteiger partial charge in [-0.25, -0.2) is 4.85 Å². The highest BCUT2D eigenvalue weighted by Gasteiger charge is 2.44. The van der Waals surface area contributed by atoms with Gasteiger partial charge >= 0.3 is 6.18 Å². The third-order valence-electron chi connectivity index (χ3n) is 5.03. The van der Waals surface area contributed by atoms with Crippen molar-refractivity contribution in [3.8, 4) is 6.07 Å². The SMILES string of the molecule is [C-]#[N+]C1=C(c2ccccc2)NC(C(F)(F)F)=C(C#N)C1c1ccc2n[nH]c(C)c2c1. The number of fused-ring (bicyclic) bond motifs is 1. The van der Waals surface area contributed by atoms with E-state index in [4.69, 9.17) is 6.57 Å². The number of nitrogens with one attached hydrogen (secondary N) is 2. The molecule has 0 fully saturated rings. The van der Waals surface area contributed by atoms with Crippen molar-refractivity contribution in [1.82, 2.24) is 15.5 Å². The van der Waals surface area contributed by atoms with E-state index in [-0.39, 0.29) is 11.4 Å². The summed E-state index contributed by atoms with van der Waals surface area (Å²) in [7, 11) is 0. The van der Waals surface area contributed by atoms with E-state index in [1.54, 1.807) is 61.5 Å². The number of dihydropyridines is 1. The van der Waals surface area contributed by atoms with E-state index in [2.05, 4.69) is 20.4 Å². The molecule has 4 rings (SSSR count). The summed E-state index contributed by atoms with van der Waals surface area (Å²) in [6.07, 6.45) is -4.79. The zero-order valence-corrected chi connectivity index (χ0v) is 15.7. The maximum atomic E-state index is 13.9. The zero-order chi connectivity index (χ0) is 21.5. The van der Waals surface area contributed by atoms with Crippen LogP contribution in [0.3, 0.4) is 0 Å². The van der Waals surface area contributed by atoms with Gasteiger partial charge in [0.2, 0.25) is 5.70 Å². The van der Waals surface area contributed by atoms with E-state index in [1.807, 2.05) is 0 Å². The molecule has 5 nitrogen and oxygen atoms in total. The summed E-state index contributed by atoms with van der Waals surface area (Å²) >= 11 is 0. The fourth-order valence-electron chi connectivity index (χ4n) is 3.63. The number of nitrogens with zero attached hydrogens (tertiary/aromatic N) is 3. The van der Waals surface area contributed by atoms with E-state index in [1.165, 1.54) is 0 Å². The maximum absolute atomic E-state index is 13.9. The highest BCUT2D eigenvalue weighted by atomic mass is 19.4. The van der Waals surface area contributed by atoms with Crippen molar-refractivity contribution in [1.29, 1.82) is 5.26 Å². The molecule has 0 radical (unpaired) electrons. The second-order valence-electron chi connectivity index (χ2n) is 6.82. The lowest BCUT2D eigenvalue weighted by Gasteiger charge is -2.30. The van der Waals surface area contributed by atoms with Crippen LogP contribution in [0.25, 0.3) is 21.4 Å². The summed E-state index contributed by atoms with van der Waals surface area (Å²) in [6, 6.07) is 15.0. The minimum Gasteiger partial charge on any atom is -0.360 e. The van der Waals surface area contributed by atoms with Crippen LogP contribution < -0.4 is 5.32 Å². The minimum atomic E-state index is -4.79. The maximum Gasteiger partial charge on any atom is 0.432 e. The molecule has 0 aliphatic carbocycles. The number of alkyl halides is 3. The third-order valence-corrected chi connectivity index (χ3v) is 5.03. The van der Waals surface area contributed by atoms with Gasteiger partial charge in [0.25, 0.3) is 0 Å². The number of aryl methyl sites for hydroxylation is 1. The molecular formula is C22H14F3N5. The minimum absolute atomic E-state index is 0.0336. The van der Waals surface area contributed by atoms with E-state index in [0.29, 0.717) is 16.6 Å². The van der Waals surface area contributed by atoms with Gasteiger partial charge in [0.15, 0.2) is 0 Å². The highest BCUT2D eigenvalue weighted by Crippen LogP contribution is 2.45. The summed E-state index contributed by atoms with van der Waals surface area (Å²) in [5.74, 6) is -1.15. The number of H-pyrrole nitrogens is 1. The van der Waals surface area contributed by atoms with Gasteiger partial charge in [-0.2, -0.15) is 23.5 Å². The van der Waals surface area contributed by atoms with E-state index in [9.17, 15) is 18.4 Å². The Bertz CT molecular complexity index is 1280. The number of aromatic nitrogens is 2. The van der Waals surface area contributed by atoms with Crippen molar-refractivity contribution in [3.05, 3.63) is 93.7 Å². The first-order valence-electron chi connectivity index (χ1n) is 8.95. The zero-order valence-electron chi connectivity index (χ0n) is 15.7. The molecule has 30 heavy (non-hydrogen) atoms. The lowest BCUT2D eigenvalue weighted by molar-refractivity contribution is -0.0962. The molecule has 0 spiro atoms. The first kappa shape index (κ1) is 19.3. The average molecular weight is 405 g/mol. The normalized spacial score (nSPS) is 16.9. The molecule has 0 bridgehead atoms. The van der Waals surface area contributed by atoms with Crippen LogP contribution in [-0.4, -0.2) is 16.4 Å². The van der Waals surface area contributed by atoms with Crippen LogP contribution in [0.15, 0.2) is 65.5 Å². The molecule has 8 heteroatoms. The Morgan fingerprint density at radius 3 is 2.53 bits per heavy atom. The number of hydrogen-bond acceptors (Lipinski definition) is 3. The molecule has 1 unspecified atom stereocenters. The molecule has 2 aromatic carbocycles. The number of nitriles is 1. The molecule has 1 aliphatic heterocycles. The van der Waals surface area contributed by atoms with Gasteiger partial charge in [0, 0.05) is 16.8 Å². The summed E-state index contributed by atoms with van der Waals surface area (Å²) in [4.78, 5) is 3.56. The monoisotopic (exact) mass is 405 g/mol. The fourth-order valence-corrected chi connectivity index (χ4v) is 3.63.